The van der Waals surface area contributed by atoms with Crippen LogP contribution in [0.4, 0.5) is 4.79 Å². The molecule has 0 spiro atoms. The third-order valence-electron chi connectivity index (χ3n) is 5.33. The fraction of sp³-hybridized carbons (Fsp3) is 0.400. The number of fused-ring (bicyclic) bond motifs is 1. The zero-order valence-corrected chi connectivity index (χ0v) is 17.0. The maximum atomic E-state index is 12.9. The molecule has 1 N–H and O–H groups in total. The van der Waals surface area contributed by atoms with E-state index in [-0.39, 0.29) is 23.7 Å². The van der Waals surface area contributed by atoms with Gasteiger partial charge in [0.05, 0.1) is 12.1 Å². The van der Waals surface area contributed by atoms with E-state index in [1.54, 1.807) is 6.92 Å². The summed E-state index contributed by atoms with van der Waals surface area (Å²) in [6.45, 7) is 6.24. The zero-order chi connectivity index (χ0) is 19.8. The van der Waals surface area contributed by atoms with Crippen molar-refractivity contribution in [1.29, 1.82) is 0 Å². The van der Waals surface area contributed by atoms with Gasteiger partial charge < -0.3 is 10.2 Å². The van der Waals surface area contributed by atoms with Crippen molar-refractivity contribution < 1.29 is 4.79 Å². The van der Waals surface area contributed by atoms with E-state index in [1.165, 1.54) is 15.9 Å². The van der Waals surface area contributed by atoms with Crippen LogP contribution in [0.15, 0.2) is 35.1 Å². The first-order valence-corrected chi connectivity index (χ1v) is 10.3. The van der Waals surface area contributed by atoms with Gasteiger partial charge >= 0.3 is 6.03 Å². The molecule has 7 nitrogen and oxygen atoms in total. The largest absolute Gasteiger partial charge is 0.331 e. The van der Waals surface area contributed by atoms with Gasteiger partial charge in [0.1, 0.15) is 5.01 Å². The highest BCUT2D eigenvalue weighted by molar-refractivity contribution is 7.16. The Morgan fingerprint density at radius 2 is 2.04 bits per heavy atom. The van der Waals surface area contributed by atoms with Crippen LogP contribution in [0.5, 0.6) is 0 Å². The molecule has 4 rings (SSSR count). The number of aromatic nitrogens is 3. The maximum absolute atomic E-state index is 12.9. The summed E-state index contributed by atoms with van der Waals surface area (Å²) in [5.41, 5.74) is 2.25. The van der Waals surface area contributed by atoms with E-state index in [2.05, 4.69) is 15.4 Å². The predicted molar refractivity (Wildman–Crippen MR) is 109 cm³/mol. The van der Waals surface area contributed by atoms with Crippen LogP contribution in [-0.4, -0.2) is 32.1 Å². The lowest BCUT2D eigenvalue weighted by Crippen LogP contribution is -2.40. The fourth-order valence-electron chi connectivity index (χ4n) is 3.54. The molecule has 28 heavy (non-hydrogen) atoms. The van der Waals surface area contributed by atoms with E-state index in [9.17, 15) is 9.59 Å². The molecule has 0 bridgehead atoms. The summed E-state index contributed by atoms with van der Waals surface area (Å²) in [7, 11) is 0. The lowest BCUT2D eigenvalue weighted by molar-refractivity contribution is 0.189. The molecule has 146 valence electrons. The Hall–Kier alpha value is -2.74. The van der Waals surface area contributed by atoms with Crippen LogP contribution in [0.25, 0.3) is 4.96 Å². The van der Waals surface area contributed by atoms with Crippen molar-refractivity contribution in [3.8, 4) is 0 Å². The Balaban J connectivity index is 1.58. The lowest BCUT2D eigenvalue weighted by Gasteiger charge is -2.25. The Morgan fingerprint density at radius 1 is 1.29 bits per heavy atom. The quantitative estimate of drug-likeness (QED) is 0.735. The summed E-state index contributed by atoms with van der Waals surface area (Å²) >= 11 is 1.39. The zero-order valence-electron chi connectivity index (χ0n) is 16.2. The van der Waals surface area contributed by atoms with Gasteiger partial charge in [0.15, 0.2) is 0 Å². The number of amides is 2. The summed E-state index contributed by atoms with van der Waals surface area (Å²) in [6.07, 6.45) is 1.74. The van der Waals surface area contributed by atoms with Crippen molar-refractivity contribution in [1.82, 2.24) is 24.8 Å². The van der Waals surface area contributed by atoms with Crippen LogP contribution < -0.4 is 10.9 Å². The Bertz CT molecular complexity index is 1080. The van der Waals surface area contributed by atoms with Crippen molar-refractivity contribution in [2.75, 3.05) is 6.54 Å². The van der Waals surface area contributed by atoms with Crippen molar-refractivity contribution in [2.45, 2.75) is 45.7 Å². The lowest BCUT2D eigenvalue weighted by atomic mass is 10.1. The third kappa shape index (κ3) is 3.28. The van der Waals surface area contributed by atoms with Crippen LogP contribution in [0.3, 0.4) is 0 Å². The second-order valence-electron chi connectivity index (χ2n) is 7.20. The van der Waals surface area contributed by atoms with Gasteiger partial charge in [-0.2, -0.15) is 9.61 Å². The number of rotatable bonds is 3. The minimum Gasteiger partial charge on any atom is -0.331 e. The van der Waals surface area contributed by atoms with E-state index in [0.29, 0.717) is 17.1 Å². The van der Waals surface area contributed by atoms with Crippen molar-refractivity contribution in [3.05, 3.63) is 62.5 Å². The first kappa shape index (κ1) is 18.6. The monoisotopic (exact) mass is 397 g/mol. The SMILES string of the molecule is Cc1nc2sc(C3CCCN3C(=O)N[C@H](C)c3ccccc3)nn2c(=O)c1C. The van der Waals surface area contributed by atoms with Gasteiger partial charge in [0, 0.05) is 17.8 Å². The normalized spacial score (nSPS) is 17.8. The van der Waals surface area contributed by atoms with Crippen LogP contribution in [0.2, 0.25) is 0 Å². The van der Waals surface area contributed by atoms with E-state index < -0.39 is 0 Å². The average molecular weight is 398 g/mol. The number of carbonyl (C=O) groups is 1. The van der Waals surface area contributed by atoms with Gasteiger partial charge in [-0.15, -0.1) is 0 Å². The highest BCUT2D eigenvalue weighted by Gasteiger charge is 2.33. The number of nitrogens with zero attached hydrogens (tertiary/aromatic N) is 4. The van der Waals surface area contributed by atoms with Crippen LogP contribution in [0, 0.1) is 13.8 Å². The molecule has 1 unspecified atom stereocenters. The molecule has 0 saturated carbocycles. The fourth-order valence-corrected chi connectivity index (χ4v) is 4.62. The molecular weight excluding hydrogens is 374 g/mol. The van der Waals surface area contributed by atoms with Crippen LogP contribution in [-0.2, 0) is 0 Å². The molecule has 1 fully saturated rings. The number of hydrogen-bond donors (Lipinski definition) is 1. The van der Waals surface area contributed by atoms with Gasteiger partial charge in [-0.3, -0.25) is 4.79 Å². The molecule has 0 radical (unpaired) electrons. The predicted octanol–water partition coefficient (Wildman–Crippen LogP) is 3.38. The van der Waals surface area contributed by atoms with Crippen molar-refractivity contribution >= 4 is 22.3 Å². The summed E-state index contributed by atoms with van der Waals surface area (Å²) in [6, 6.07) is 9.58. The summed E-state index contributed by atoms with van der Waals surface area (Å²) in [5.74, 6) is 0. The molecule has 1 aromatic carbocycles. The molecule has 0 aliphatic carbocycles. The van der Waals surface area contributed by atoms with Gasteiger partial charge in [0.25, 0.3) is 5.56 Å². The van der Waals surface area contributed by atoms with E-state index in [4.69, 9.17) is 0 Å². The molecule has 8 heteroatoms. The van der Waals surface area contributed by atoms with Crippen molar-refractivity contribution in [3.63, 3.8) is 0 Å². The van der Waals surface area contributed by atoms with Gasteiger partial charge in [-0.05, 0) is 39.2 Å². The highest BCUT2D eigenvalue weighted by atomic mass is 32.1. The third-order valence-corrected chi connectivity index (χ3v) is 6.34. The number of likely N-dealkylation sites (tertiary alicyclic amines) is 1. The molecule has 2 atom stereocenters. The molecule has 3 heterocycles. The topological polar surface area (TPSA) is 79.6 Å². The average Bonchev–Trinajstić information content (AvgIpc) is 3.33. The van der Waals surface area contributed by atoms with E-state index >= 15 is 0 Å². The second-order valence-corrected chi connectivity index (χ2v) is 8.18. The number of carbonyl (C=O) groups excluding carboxylic acids is 1. The number of aryl methyl sites for hydroxylation is 1. The minimum absolute atomic E-state index is 0.0834. The van der Waals surface area contributed by atoms with Gasteiger partial charge in [-0.1, -0.05) is 41.7 Å². The standard InChI is InChI=1S/C20H23N5O2S/c1-12-13(2)22-20-25(18(12)26)23-17(28-20)16-10-7-11-24(16)19(27)21-14(3)15-8-5-4-6-9-15/h4-6,8-9,14,16H,7,10-11H2,1-3H3,(H,21,27)/t14-,16?/m1/s1. The summed E-state index contributed by atoms with van der Waals surface area (Å²) in [4.78, 5) is 32.3. The first-order valence-electron chi connectivity index (χ1n) is 9.44. The summed E-state index contributed by atoms with van der Waals surface area (Å²) < 4.78 is 1.36. The Morgan fingerprint density at radius 3 is 2.79 bits per heavy atom. The minimum atomic E-state index is -0.142. The van der Waals surface area contributed by atoms with Crippen LogP contribution >= 0.6 is 11.3 Å². The molecule has 2 amide bonds. The van der Waals surface area contributed by atoms with Gasteiger partial charge in [-0.25, -0.2) is 9.78 Å². The molecular formula is C20H23N5O2S. The smallest absolute Gasteiger partial charge is 0.318 e. The molecule has 1 aliphatic heterocycles. The molecule has 1 aliphatic rings. The van der Waals surface area contributed by atoms with E-state index in [0.717, 1.165) is 29.1 Å². The summed E-state index contributed by atoms with van der Waals surface area (Å²) in [5, 5.41) is 8.34. The number of nitrogens with one attached hydrogen (secondary N) is 1. The van der Waals surface area contributed by atoms with E-state index in [1.807, 2.05) is 49.1 Å². The molecule has 3 aromatic rings. The van der Waals surface area contributed by atoms with Gasteiger partial charge in [0.2, 0.25) is 4.96 Å². The maximum Gasteiger partial charge on any atom is 0.318 e. The Kier molecular flexibility index (Phi) is 4.89. The Labute approximate surface area is 167 Å². The highest BCUT2D eigenvalue weighted by Crippen LogP contribution is 2.34. The van der Waals surface area contributed by atoms with Crippen molar-refractivity contribution in [2.24, 2.45) is 0 Å². The first-order chi connectivity index (χ1) is 13.5. The van der Waals surface area contributed by atoms with Crippen LogP contribution in [0.1, 0.15) is 53.7 Å². The molecule has 1 saturated heterocycles. The second kappa shape index (κ2) is 7.35. The number of urea groups is 1. The molecule has 2 aromatic heterocycles. The number of hydrogen-bond acceptors (Lipinski definition) is 5. The number of benzene rings is 1.